The number of nitrogens with one attached hydrogen (secondary N) is 1. The van der Waals surface area contributed by atoms with Crippen molar-refractivity contribution in [3.8, 4) is 0 Å². The Labute approximate surface area is 111 Å². The highest BCUT2D eigenvalue weighted by molar-refractivity contribution is 9.10. The Kier molecular flexibility index (Phi) is 3.61. The highest BCUT2D eigenvalue weighted by Gasteiger charge is 2.37. The minimum absolute atomic E-state index is 0.215. The van der Waals surface area contributed by atoms with Crippen molar-refractivity contribution in [3.05, 3.63) is 28.2 Å². The van der Waals surface area contributed by atoms with E-state index in [2.05, 4.69) is 21.2 Å². The van der Waals surface area contributed by atoms with Crippen LogP contribution in [0.25, 0.3) is 0 Å². The fraction of sp³-hybridized carbons (Fsp3) is 0.500. The van der Waals surface area contributed by atoms with Crippen molar-refractivity contribution in [2.24, 2.45) is 0 Å². The van der Waals surface area contributed by atoms with Crippen molar-refractivity contribution in [2.45, 2.75) is 36.0 Å². The summed E-state index contributed by atoms with van der Waals surface area (Å²) >= 11 is 3.38. The van der Waals surface area contributed by atoms with Crippen molar-refractivity contribution in [1.82, 2.24) is 5.32 Å². The molecular weight excluding hydrogens is 302 g/mol. The maximum absolute atomic E-state index is 12.3. The molecule has 0 saturated carbocycles. The van der Waals surface area contributed by atoms with Crippen LogP contribution in [-0.2, 0) is 16.3 Å². The number of halogens is 1. The third-order valence-electron chi connectivity index (χ3n) is 3.32. The van der Waals surface area contributed by atoms with E-state index < -0.39 is 9.84 Å². The lowest BCUT2D eigenvalue weighted by atomic mass is 10.1. The van der Waals surface area contributed by atoms with Crippen LogP contribution in [0.3, 0.4) is 0 Å². The average Bonchev–Trinajstić information content (AvgIpc) is 2.50. The highest BCUT2D eigenvalue weighted by Crippen LogP contribution is 2.34. The van der Waals surface area contributed by atoms with E-state index in [-0.39, 0.29) is 11.3 Å². The van der Waals surface area contributed by atoms with Crippen molar-refractivity contribution in [1.29, 1.82) is 0 Å². The molecule has 0 radical (unpaired) electrons. The van der Waals surface area contributed by atoms with Crippen LogP contribution in [0.5, 0.6) is 0 Å². The molecule has 0 spiro atoms. The number of fused-ring (bicyclic) bond motifs is 1. The normalized spacial score (nSPS) is 23.4. The maximum atomic E-state index is 12.3. The van der Waals surface area contributed by atoms with Gasteiger partial charge in [0, 0.05) is 10.5 Å². The van der Waals surface area contributed by atoms with Gasteiger partial charge in [-0.3, -0.25) is 0 Å². The highest BCUT2D eigenvalue weighted by atomic mass is 79.9. The van der Waals surface area contributed by atoms with Crippen LogP contribution in [-0.4, -0.2) is 26.8 Å². The summed E-state index contributed by atoms with van der Waals surface area (Å²) in [5, 5.41) is 2.81. The van der Waals surface area contributed by atoms with Crippen molar-refractivity contribution >= 4 is 25.8 Å². The van der Waals surface area contributed by atoms with Gasteiger partial charge in [0.1, 0.15) is 0 Å². The molecule has 0 fully saturated rings. The van der Waals surface area contributed by atoms with Gasteiger partial charge in [0.05, 0.1) is 10.1 Å². The summed E-state index contributed by atoms with van der Waals surface area (Å²) in [6.45, 7) is 2.01. The summed E-state index contributed by atoms with van der Waals surface area (Å²) in [4.78, 5) is 0.508. The van der Waals surface area contributed by atoms with E-state index >= 15 is 0 Å². The lowest BCUT2D eigenvalue weighted by Gasteiger charge is -2.15. The topological polar surface area (TPSA) is 46.2 Å². The number of hydrogen-bond acceptors (Lipinski definition) is 3. The average molecular weight is 318 g/mol. The summed E-state index contributed by atoms with van der Waals surface area (Å²) in [7, 11) is -1.27. The SMILES string of the molecule is CNC(C)CC1Cc2cc(Br)ccc2S1(=O)=O. The molecule has 1 aliphatic rings. The molecule has 0 saturated heterocycles. The molecule has 2 rings (SSSR count). The molecule has 0 aliphatic carbocycles. The van der Waals surface area contributed by atoms with E-state index in [1.54, 1.807) is 12.1 Å². The van der Waals surface area contributed by atoms with Crippen LogP contribution >= 0.6 is 15.9 Å². The summed E-state index contributed by atoms with van der Waals surface area (Å²) in [6, 6.07) is 5.63. The van der Waals surface area contributed by atoms with Gasteiger partial charge < -0.3 is 5.32 Å². The van der Waals surface area contributed by atoms with E-state index in [1.165, 1.54) is 0 Å². The van der Waals surface area contributed by atoms with Crippen LogP contribution in [0.2, 0.25) is 0 Å². The molecule has 1 N–H and O–H groups in total. The van der Waals surface area contributed by atoms with Crippen molar-refractivity contribution in [2.75, 3.05) is 7.05 Å². The predicted molar refractivity (Wildman–Crippen MR) is 72.0 cm³/mol. The van der Waals surface area contributed by atoms with Crippen LogP contribution < -0.4 is 5.32 Å². The van der Waals surface area contributed by atoms with Gasteiger partial charge in [-0.05, 0) is 50.6 Å². The first-order valence-corrected chi connectivity index (χ1v) is 7.98. The molecule has 0 amide bonds. The van der Waals surface area contributed by atoms with Crippen molar-refractivity contribution in [3.63, 3.8) is 0 Å². The molecular formula is C12H16BrNO2S. The minimum atomic E-state index is -3.13. The smallest absolute Gasteiger partial charge is 0.181 e. The molecule has 3 nitrogen and oxygen atoms in total. The Hall–Kier alpha value is -0.390. The third kappa shape index (κ3) is 2.41. The fourth-order valence-corrected chi connectivity index (χ4v) is 4.72. The summed E-state index contributed by atoms with van der Waals surface area (Å²) in [5.74, 6) is 0. The molecule has 2 atom stereocenters. The second-order valence-electron chi connectivity index (χ2n) is 4.55. The third-order valence-corrected chi connectivity index (χ3v) is 6.07. The van der Waals surface area contributed by atoms with Crippen molar-refractivity contribution < 1.29 is 8.42 Å². The number of hydrogen-bond donors (Lipinski definition) is 1. The fourth-order valence-electron chi connectivity index (χ4n) is 2.24. The quantitative estimate of drug-likeness (QED) is 0.929. The molecule has 0 bridgehead atoms. The molecule has 17 heavy (non-hydrogen) atoms. The summed E-state index contributed by atoms with van der Waals surface area (Å²) < 4.78 is 25.5. The van der Waals surface area contributed by atoms with E-state index in [0.717, 1.165) is 10.0 Å². The van der Waals surface area contributed by atoms with Gasteiger partial charge >= 0.3 is 0 Å². The first-order valence-electron chi connectivity index (χ1n) is 5.64. The van der Waals surface area contributed by atoms with E-state index in [9.17, 15) is 8.42 Å². The van der Waals surface area contributed by atoms with Gasteiger partial charge in [-0.25, -0.2) is 8.42 Å². The Morgan fingerprint density at radius 2 is 2.24 bits per heavy atom. The lowest BCUT2D eigenvalue weighted by molar-refractivity contribution is 0.526. The Balaban J connectivity index is 2.33. The second-order valence-corrected chi connectivity index (χ2v) is 7.66. The zero-order chi connectivity index (χ0) is 12.6. The molecule has 1 aromatic rings. The van der Waals surface area contributed by atoms with Gasteiger partial charge in [-0.15, -0.1) is 0 Å². The minimum Gasteiger partial charge on any atom is -0.317 e. The number of benzene rings is 1. The Bertz CT molecular complexity index is 527. The molecule has 0 aromatic heterocycles. The number of rotatable bonds is 3. The second kappa shape index (κ2) is 4.71. The summed E-state index contributed by atoms with van der Waals surface area (Å²) in [5.41, 5.74) is 0.938. The van der Waals surface area contributed by atoms with Gasteiger partial charge in [-0.2, -0.15) is 0 Å². The van der Waals surface area contributed by atoms with E-state index in [1.807, 2.05) is 20.0 Å². The van der Waals surface area contributed by atoms with E-state index in [0.29, 0.717) is 17.7 Å². The first-order chi connectivity index (χ1) is 7.95. The summed E-state index contributed by atoms with van der Waals surface area (Å²) in [6.07, 6.45) is 1.29. The van der Waals surface area contributed by atoms with Crippen LogP contribution in [0.1, 0.15) is 18.9 Å². The molecule has 2 unspecified atom stereocenters. The molecule has 1 aliphatic heterocycles. The first kappa shape index (κ1) is 13.1. The zero-order valence-corrected chi connectivity index (χ0v) is 12.3. The monoisotopic (exact) mass is 317 g/mol. The molecule has 94 valence electrons. The maximum Gasteiger partial charge on any atom is 0.181 e. The van der Waals surface area contributed by atoms with Gasteiger partial charge in [0.15, 0.2) is 9.84 Å². The van der Waals surface area contributed by atoms with Gasteiger partial charge in [-0.1, -0.05) is 15.9 Å². The zero-order valence-electron chi connectivity index (χ0n) is 9.90. The predicted octanol–water partition coefficient (Wildman–Crippen LogP) is 2.15. The number of sulfone groups is 1. The van der Waals surface area contributed by atoms with Crippen LogP contribution in [0.4, 0.5) is 0 Å². The standard InChI is InChI=1S/C12H16BrNO2S/c1-8(14-2)5-11-7-9-6-10(13)3-4-12(9)17(11,15)16/h3-4,6,8,11,14H,5,7H2,1-2H3. The van der Waals surface area contributed by atoms with Crippen LogP contribution in [0, 0.1) is 0 Å². The Morgan fingerprint density at radius 1 is 1.53 bits per heavy atom. The Morgan fingerprint density at radius 3 is 2.88 bits per heavy atom. The molecule has 5 heteroatoms. The lowest BCUT2D eigenvalue weighted by Crippen LogP contribution is -2.29. The largest absolute Gasteiger partial charge is 0.317 e. The molecule has 1 heterocycles. The van der Waals surface area contributed by atoms with E-state index in [4.69, 9.17) is 0 Å². The van der Waals surface area contributed by atoms with Gasteiger partial charge in [0.2, 0.25) is 0 Å². The van der Waals surface area contributed by atoms with Crippen LogP contribution in [0.15, 0.2) is 27.6 Å². The van der Waals surface area contributed by atoms with Gasteiger partial charge in [0.25, 0.3) is 0 Å². The molecule has 1 aromatic carbocycles.